The molecule has 0 spiro atoms. The number of hydroxylamine groups is 3. The second-order valence-electron chi connectivity index (χ2n) is 6.60. The Hall–Kier alpha value is -1.14. The number of thioether (sulfide) groups is 1. The van der Waals surface area contributed by atoms with E-state index >= 15 is 0 Å². The zero-order valence-electron chi connectivity index (χ0n) is 15.5. The molecule has 1 aliphatic rings. The van der Waals surface area contributed by atoms with Crippen LogP contribution in [0.1, 0.15) is 38.7 Å². The van der Waals surface area contributed by atoms with Gasteiger partial charge in [-0.15, -0.1) is 11.8 Å². The smallest absolute Gasteiger partial charge is 0.289 e. The molecule has 11 heteroatoms. The van der Waals surface area contributed by atoms with E-state index < -0.39 is 33.5 Å². The minimum absolute atomic E-state index is 0.198. The van der Waals surface area contributed by atoms with Gasteiger partial charge in [0.05, 0.1) is 5.56 Å². The third-order valence-electron chi connectivity index (χ3n) is 4.68. The number of hydrogen-bond acceptors (Lipinski definition) is 6. The highest BCUT2D eigenvalue weighted by Gasteiger charge is 2.41. The van der Waals surface area contributed by atoms with E-state index in [1.54, 1.807) is 6.92 Å². The van der Waals surface area contributed by atoms with Gasteiger partial charge in [-0.05, 0) is 50.5 Å². The Balaban J connectivity index is 1.86. The fourth-order valence-corrected chi connectivity index (χ4v) is 4.65. The van der Waals surface area contributed by atoms with Gasteiger partial charge in [0, 0.05) is 23.2 Å². The Labute approximate surface area is 168 Å². The number of piperidine rings is 1. The lowest BCUT2D eigenvalue weighted by molar-refractivity contribution is -0.137. The predicted octanol–water partition coefficient (Wildman–Crippen LogP) is 3.53. The molecule has 1 heterocycles. The van der Waals surface area contributed by atoms with E-state index in [9.17, 15) is 22.2 Å². The van der Waals surface area contributed by atoms with E-state index in [1.165, 1.54) is 41.4 Å². The lowest BCUT2D eigenvalue weighted by atomic mass is 10.1. The van der Waals surface area contributed by atoms with Crippen molar-refractivity contribution in [3.8, 4) is 0 Å². The number of hydrogen-bond donors (Lipinski definition) is 2. The molecule has 0 radical (unpaired) electrons. The summed E-state index contributed by atoms with van der Waals surface area (Å²) in [5.74, 6) is -0.777. The topological polar surface area (TPSA) is 78.9 Å². The van der Waals surface area contributed by atoms with Crippen molar-refractivity contribution in [2.45, 2.75) is 54.2 Å². The van der Waals surface area contributed by atoms with E-state index in [0.29, 0.717) is 25.9 Å². The van der Waals surface area contributed by atoms with Crippen LogP contribution in [0.25, 0.3) is 0 Å². The normalized spacial score (nSPS) is 19.8. The molecule has 2 unspecified atom stereocenters. The molecule has 0 saturated carbocycles. The zero-order chi connectivity index (χ0) is 20.9. The van der Waals surface area contributed by atoms with Crippen LogP contribution in [0.5, 0.6) is 0 Å². The first-order valence-corrected chi connectivity index (χ1v) is 10.7. The van der Waals surface area contributed by atoms with Crippen molar-refractivity contribution in [2.75, 3.05) is 13.1 Å². The number of carbonyl (C=O) groups is 1. The molecule has 1 aliphatic heterocycles. The number of alkyl halides is 3. The highest BCUT2D eigenvalue weighted by Crippen LogP contribution is 2.34. The van der Waals surface area contributed by atoms with Crippen molar-refractivity contribution in [2.24, 2.45) is 0 Å². The van der Waals surface area contributed by atoms with E-state index in [1.807, 2.05) is 0 Å². The maximum Gasteiger partial charge on any atom is 0.416 e. The van der Waals surface area contributed by atoms with E-state index in [0.717, 1.165) is 17.0 Å². The van der Waals surface area contributed by atoms with Gasteiger partial charge in [0.2, 0.25) is 0 Å². The second-order valence-corrected chi connectivity index (χ2v) is 9.50. The van der Waals surface area contributed by atoms with Gasteiger partial charge in [-0.3, -0.25) is 10.0 Å². The molecule has 1 aromatic rings. The predicted molar refractivity (Wildman–Crippen MR) is 99.7 cm³/mol. The first-order chi connectivity index (χ1) is 13.1. The van der Waals surface area contributed by atoms with Crippen molar-refractivity contribution in [1.29, 1.82) is 0 Å². The molecule has 0 aliphatic carbocycles. The number of benzene rings is 1. The van der Waals surface area contributed by atoms with Crippen LogP contribution in [0.2, 0.25) is 0 Å². The van der Waals surface area contributed by atoms with Gasteiger partial charge in [-0.1, -0.05) is 6.92 Å². The molecule has 0 aromatic heterocycles. The molecular formula is C17H23F3N2O4S2. The minimum atomic E-state index is -4.35. The number of carbonyl (C=O) groups excluding carboxylic acids is 1. The van der Waals surface area contributed by atoms with Crippen molar-refractivity contribution in [3.63, 3.8) is 0 Å². The maximum atomic E-state index is 12.6. The molecular weight excluding hydrogens is 417 g/mol. The molecule has 1 amide bonds. The fourth-order valence-electron chi connectivity index (χ4n) is 2.59. The van der Waals surface area contributed by atoms with Crippen LogP contribution in [0.3, 0.4) is 0 Å². The van der Waals surface area contributed by atoms with Crippen LogP contribution in [0.15, 0.2) is 29.2 Å². The number of rotatable bonds is 7. The van der Waals surface area contributed by atoms with Crippen LogP contribution in [-0.4, -0.2) is 43.5 Å². The summed E-state index contributed by atoms with van der Waals surface area (Å²) in [5.41, 5.74) is 0.845. The maximum absolute atomic E-state index is 12.6. The van der Waals surface area contributed by atoms with Crippen LogP contribution >= 0.6 is 11.8 Å². The van der Waals surface area contributed by atoms with Crippen LogP contribution in [0, 0.1) is 0 Å². The fraction of sp³-hybridized carbons (Fsp3) is 0.588. The molecule has 2 N–H and O–H groups in total. The van der Waals surface area contributed by atoms with E-state index in [-0.39, 0.29) is 11.7 Å². The molecule has 0 bridgehead atoms. The summed E-state index contributed by atoms with van der Waals surface area (Å²) in [7, 11) is 0. The first-order valence-electron chi connectivity index (χ1n) is 8.74. The highest BCUT2D eigenvalue weighted by molar-refractivity contribution is 8.00. The third kappa shape index (κ3) is 5.69. The Morgan fingerprint density at radius 1 is 1.32 bits per heavy atom. The van der Waals surface area contributed by atoms with E-state index in [2.05, 4.69) is 0 Å². The molecule has 1 fully saturated rings. The summed E-state index contributed by atoms with van der Waals surface area (Å²) in [6.07, 6.45) is -2.75. The standard InChI is InChI=1S/C17H23F3N2O4S2/c1-3-16(2,15(23)21-24)28(25)26-22-10-8-14(9-11-22)27-13-6-4-12(5-7-13)17(18,19)20/h4-7,14,24H,3,8-11H2,1-2H3,(H,21,23). The van der Waals surface area contributed by atoms with Crippen molar-refractivity contribution >= 4 is 28.7 Å². The van der Waals surface area contributed by atoms with Gasteiger partial charge in [-0.2, -0.15) is 22.5 Å². The van der Waals surface area contributed by atoms with Gasteiger partial charge in [0.25, 0.3) is 5.91 Å². The van der Waals surface area contributed by atoms with E-state index in [4.69, 9.17) is 9.49 Å². The highest BCUT2D eigenvalue weighted by atomic mass is 32.2. The van der Waals surface area contributed by atoms with Gasteiger partial charge >= 0.3 is 6.18 Å². The lowest BCUT2D eigenvalue weighted by Gasteiger charge is -2.32. The van der Waals surface area contributed by atoms with Crippen molar-refractivity contribution < 1.29 is 31.7 Å². The Morgan fingerprint density at radius 2 is 1.89 bits per heavy atom. The molecule has 2 atom stereocenters. The Bertz CT molecular complexity index is 695. The third-order valence-corrected chi connectivity index (χ3v) is 7.59. The Morgan fingerprint density at radius 3 is 2.36 bits per heavy atom. The van der Waals surface area contributed by atoms with Gasteiger partial charge in [-0.25, -0.2) is 9.69 Å². The summed E-state index contributed by atoms with van der Waals surface area (Å²) < 4.78 is 54.3. The average Bonchev–Trinajstić information content (AvgIpc) is 2.67. The molecule has 28 heavy (non-hydrogen) atoms. The summed E-state index contributed by atoms with van der Waals surface area (Å²) in [4.78, 5) is 12.5. The molecule has 1 saturated heterocycles. The number of amides is 1. The molecule has 1 aromatic carbocycles. The van der Waals surface area contributed by atoms with Crippen LogP contribution in [-0.2, 0) is 26.3 Å². The van der Waals surface area contributed by atoms with Crippen molar-refractivity contribution in [3.05, 3.63) is 29.8 Å². The molecule has 2 rings (SSSR count). The number of nitrogens with one attached hydrogen (secondary N) is 1. The Kier molecular flexibility index (Phi) is 7.91. The van der Waals surface area contributed by atoms with Gasteiger partial charge < -0.3 is 0 Å². The number of nitrogens with zero attached hydrogens (tertiary/aromatic N) is 1. The summed E-state index contributed by atoms with van der Waals surface area (Å²) in [5, 5.41) is 10.5. The van der Waals surface area contributed by atoms with Crippen LogP contribution in [0.4, 0.5) is 13.2 Å². The average molecular weight is 441 g/mol. The molecule has 158 valence electrons. The SMILES string of the molecule is CCC(C)(C(=O)NO)S(=O)ON1CCC(Sc2ccc(C(F)(F)F)cc2)CC1. The molecule has 6 nitrogen and oxygen atoms in total. The van der Waals surface area contributed by atoms with Crippen molar-refractivity contribution in [1.82, 2.24) is 10.5 Å². The first kappa shape index (κ1) is 23.1. The largest absolute Gasteiger partial charge is 0.416 e. The second kappa shape index (κ2) is 9.57. The summed E-state index contributed by atoms with van der Waals surface area (Å²) in [6, 6.07) is 5.07. The monoisotopic (exact) mass is 440 g/mol. The van der Waals surface area contributed by atoms with Gasteiger partial charge in [0.1, 0.15) is 0 Å². The summed E-state index contributed by atoms with van der Waals surface area (Å²) >= 11 is -0.470. The van der Waals surface area contributed by atoms with Crippen LogP contribution < -0.4 is 5.48 Å². The summed E-state index contributed by atoms with van der Waals surface area (Å²) in [6.45, 7) is 4.07. The number of halogens is 3. The minimum Gasteiger partial charge on any atom is -0.289 e. The quantitative estimate of drug-likeness (QED) is 0.499. The lowest BCUT2D eigenvalue weighted by Crippen LogP contribution is -2.49. The zero-order valence-corrected chi connectivity index (χ0v) is 17.1. The van der Waals surface area contributed by atoms with Gasteiger partial charge in [0.15, 0.2) is 15.8 Å².